The standard InChI is InChI=1S/C71H66N4Si/c1-47-36-54-44-71(45-55(37-47)63(54)46-71)69-73-67(72-68(74-69)70(2)42-48-28-29-49(38-48)43-70)62-41-59(76(56-22-12-5-13-23-56,57-24-14-6-15-25-57)58-26-16-7-17-27-58)32-35-66(62)75-64-33-30-52(50-18-8-3-9-19-50)39-60(64)61-40-53(31-34-65(61)75)51-20-10-4-11-21-51/h3-27,30-35,39-41,47-49,54-55,63H,28-29,36-38,42-46H2,1-2H3/t47?,48-,49+,54-,55+,63?,70?,71?. The molecule has 374 valence electrons. The second kappa shape index (κ2) is 18.0. The van der Waals surface area contributed by atoms with Crippen LogP contribution in [0.15, 0.2) is 206 Å². The van der Waals surface area contributed by atoms with Gasteiger partial charge in [0.05, 0.1) is 16.7 Å². The molecule has 5 aliphatic carbocycles. The van der Waals surface area contributed by atoms with Gasteiger partial charge in [0.15, 0.2) is 13.9 Å². The second-order valence-electron chi connectivity index (χ2n) is 24.6. The minimum absolute atomic E-state index is 0.0144. The van der Waals surface area contributed by atoms with Gasteiger partial charge in [0.1, 0.15) is 11.6 Å². The van der Waals surface area contributed by atoms with Crippen LogP contribution in [-0.4, -0.2) is 27.6 Å². The summed E-state index contributed by atoms with van der Waals surface area (Å²) in [5.74, 6) is 7.56. The first-order valence-electron chi connectivity index (χ1n) is 28.6. The minimum atomic E-state index is -3.00. The van der Waals surface area contributed by atoms with Crippen LogP contribution in [0, 0.1) is 35.5 Å². The van der Waals surface area contributed by atoms with Crippen molar-refractivity contribution in [2.45, 2.75) is 88.9 Å². The molecule has 76 heavy (non-hydrogen) atoms. The Labute approximate surface area is 449 Å². The van der Waals surface area contributed by atoms with Crippen LogP contribution in [0.4, 0.5) is 0 Å². The molecule has 8 atom stereocenters. The van der Waals surface area contributed by atoms with Crippen molar-refractivity contribution in [1.29, 1.82) is 0 Å². The Morgan fingerprint density at radius 2 is 0.934 bits per heavy atom. The first-order chi connectivity index (χ1) is 37.3. The quantitative estimate of drug-likeness (QED) is 0.101. The lowest BCUT2D eigenvalue weighted by Gasteiger charge is -2.41. The van der Waals surface area contributed by atoms with Gasteiger partial charge in [-0.1, -0.05) is 197 Å². The molecule has 0 saturated heterocycles. The highest BCUT2D eigenvalue weighted by molar-refractivity contribution is 7.19. The summed E-state index contributed by atoms with van der Waals surface area (Å²) in [6, 6.07) is 77.6. The molecule has 5 heteroatoms. The largest absolute Gasteiger partial charge is 0.309 e. The lowest BCUT2D eigenvalue weighted by atomic mass is 9.65. The van der Waals surface area contributed by atoms with Crippen molar-refractivity contribution < 1.29 is 0 Å². The van der Waals surface area contributed by atoms with Crippen LogP contribution in [0.25, 0.3) is 61.1 Å². The Balaban J connectivity index is 1.04. The Bertz CT molecular complexity index is 3580. The van der Waals surface area contributed by atoms with Gasteiger partial charge in [-0.25, -0.2) is 15.0 Å². The van der Waals surface area contributed by atoms with Crippen molar-refractivity contribution >= 4 is 50.6 Å². The SMILES string of the molecule is CC1C[C@@H]2CC3(c4nc(-c5cc([Si](c6ccccc6)(c6ccccc6)c6ccccc6)ccc5-n5c6ccc(-c7ccccc7)cc6c6cc(-c7ccccc7)ccc65)nc(C5(C)C[C@@H]6CC[C@@H](C6)C5)n4)CC2[C@@H](C1)C3. The molecule has 5 saturated carbocycles. The number of rotatable bonds is 10. The predicted octanol–water partition coefficient (Wildman–Crippen LogP) is 14.5. The minimum Gasteiger partial charge on any atom is -0.309 e. The number of benzene rings is 8. The van der Waals surface area contributed by atoms with Crippen molar-refractivity contribution in [3.8, 4) is 39.3 Å². The van der Waals surface area contributed by atoms with Crippen molar-refractivity contribution in [2.24, 2.45) is 35.5 Å². The summed E-state index contributed by atoms with van der Waals surface area (Å²) >= 11 is 0. The van der Waals surface area contributed by atoms with Gasteiger partial charge >= 0.3 is 0 Å². The maximum atomic E-state index is 6.04. The van der Waals surface area contributed by atoms with Crippen LogP contribution in [0.2, 0.25) is 0 Å². The third kappa shape index (κ3) is 7.39. The summed E-state index contributed by atoms with van der Waals surface area (Å²) in [7, 11) is -3.00. The molecule has 0 radical (unpaired) electrons. The van der Waals surface area contributed by atoms with Gasteiger partial charge < -0.3 is 4.57 Å². The third-order valence-electron chi connectivity index (χ3n) is 19.8. The van der Waals surface area contributed by atoms with Crippen LogP contribution < -0.4 is 20.7 Å². The lowest BCUT2D eigenvalue weighted by molar-refractivity contribution is 0.113. The molecular formula is C71H66N4Si. The van der Waals surface area contributed by atoms with Gasteiger partial charge in [-0.2, -0.15) is 0 Å². The highest BCUT2D eigenvalue weighted by Crippen LogP contribution is 2.65. The molecule has 5 fully saturated rings. The maximum Gasteiger partial charge on any atom is 0.179 e. The summed E-state index contributed by atoms with van der Waals surface area (Å²) in [4.78, 5) is 17.9. The second-order valence-corrected chi connectivity index (χ2v) is 28.4. The highest BCUT2D eigenvalue weighted by Gasteiger charge is 2.60. The summed E-state index contributed by atoms with van der Waals surface area (Å²) in [5, 5.41) is 7.85. The zero-order chi connectivity index (χ0) is 50.6. The summed E-state index contributed by atoms with van der Waals surface area (Å²) in [6.07, 6.45) is 12.7. The van der Waals surface area contributed by atoms with E-state index >= 15 is 0 Å². The topological polar surface area (TPSA) is 43.6 Å². The summed E-state index contributed by atoms with van der Waals surface area (Å²) < 4.78 is 2.56. The van der Waals surface area contributed by atoms with Crippen molar-refractivity contribution in [3.05, 3.63) is 218 Å². The van der Waals surface area contributed by atoms with Gasteiger partial charge in [-0.3, -0.25) is 0 Å². The normalized spacial score (nSPS) is 25.6. The predicted molar refractivity (Wildman–Crippen MR) is 316 cm³/mol. The van der Waals surface area contributed by atoms with E-state index in [0.717, 1.165) is 77.1 Å². The number of hydrogen-bond acceptors (Lipinski definition) is 3. The molecule has 5 aliphatic rings. The Hall–Kier alpha value is -7.21. The molecule has 4 unspecified atom stereocenters. The molecular weight excluding hydrogens is 937 g/mol. The Morgan fingerprint density at radius 3 is 1.45 bits per heavy atom. The van der Waals surface area contributed by atoms with Gasteiger partial charge in [0.25, 0.3) is 0 Å². The molecule has 0 amide bonds. The van der Waals surface area contributed by atoms with Crippen LogP contribution in [0.5, 0.6) is 0 Å². The van der Waals surface area contributed by atoms with E-state index in [1.165, 1.54) is 116 Å². The summed E-state index contributed by atoms with van der Waals surface area (Å²) in [6.45, 7) is 5.03. The van der Waals surface area contributed by atoms with Crippen LogP contribution >= 0.6 is 0 Å². The molecule has 0 aliphatic heterocycles. The van der Waals surface area contributed by atoms with Crippen molar-refractivity contribution in [1.82, 2.24) is 19.5 Å². The van der Waals surface area contributed by atoms with Crippen molar-refractivity contribution in [2.75, 3.05) is 0 Å². The average molecular weight is 1000 g/mol. The van der Waals surface area contributed by atoms with E-state index in [1.54, 1.807) is 0 Å². The first kappa shape index (κ1) is 46.1. The lowest BCUT2D eigenvalue weighted by Crippen LogP contribution is -2.74. The average Bonchev–Trinajstić information content (AvgIpc) is 4.35. The number of fused-ring (bicyclic) bond motifs is 6. The van der Waals surface area contributed by atoms with Crippen LogP contribution in [0.1, 0.15) is 89.7 Å². The fraction of sp³-hybridized carbons (Fsp3) is 0.282. The van der Waals surface area contributed by atoms with Crippen molar-refractivity contribution in [3.63, 3.8) is 0 Å². The van der Waals surface area contributed by atoms with E-state index in [-0.39, 0.29) is 10.8 Å². The molecule has 2 heterocycles. The molecule has 4 bridgehead atoms. The van der Waals surface area contributed by atoms with Crippen LogP contribution in [0.3, 0.4) is 0 Å². The molecule has 10 aromatic rings. The smallest absolute Gasteiger partial charge is 0.179 e. The van der Waals surface area contributed by atoms with Gasteiger partial charge in [-0.15, -0.1) is 0 Å². The number of nitrogens with zero attached hydrogens (tertiary/aromatic N) is 4. The molecule has 0 N–H and O–H groups in total. The van der Waals surface area contributed by atoms with Crippen LogP contribution in [-0.2, 0) is 10.8 Å². The van der Waals surface area contributed by atoms with E-state index < -0.39 is 8.07 Å². The van der Waals surface area contributed by atoms with E-state index in [9.17, 15) is 0 Å². The van der Waals surface area contributed by atoms with Gasteiger partial charge in [0.2, 0.25) is 0 Å². The van der Waals surface area contributed by atoms with E-state index in [1.807, 2.05) is 0 Å². The zero-order valence-corrected chi connectivity index (χ0v) is 45.0. The van der Waals surface area contributed by atoms with Gasteiger partial charge in [0, 0.05) is 27.2 Å². The molecule has 4 nitrogen and oxygen atoms in total. The molecule has 8 aromatic carbocycles. The molecule has 15 rings (SSSR count). The Morgan fingerprint density at radius 1 is 0.447 bits per heavy atom. The maximum absolute atomic E-state index is 6.04. The van der Waals surface area contributed by atoms with E-state index in [0.29, 0.717) is 0 Å². The summed E-state index contributed by atoms with van der Waals surface area (Å²) in [5.41, 5.74) is 9.26. The number of aromatic nitrogens is 4. The highest BCUT2D eigenvalue weighted by atomic mass is 28.3. The fourth-order valence-electron chi connectivity index (χ4n) is 16.8. The molecule has 0 spiro atoms. The van der Waals surface area contributed by atoms with E-state index in [4.69, 9.17) is 15.0 Å². The zero-order valence-electron chi connectivity index (χ0n) is 44.0. The Kier molecular flexibility index (Phi) is 10.9. The van der Waals surface area contributed by atoms with E-state index in [2.05, 4.69) is 225 Å². The van der Waals surface area contributed by atoms with Gasteiger partial charge in [-0.05, 0) is 166 Å². The number of hydrogen-bond donors (Lipinski definition) is 0. The molecule has 2 aromatic heterocycles. The monoisotopic (exact) mass is 1000 g/mol. The third-order valence-corrected chi connectivity index (χ3v) is 24.6. The fourth-order valence-corrected chi connectivity index (χ4v) is 21.6. The first-order valence-corrected chi connectivity index (χ1v) is 30.6.